The van der Waals surface area contributed by atoms with E-state index in [1.807, 2.05) is 24.0 Å². The molecule has 1 aromatic rings. The van der Waals surface area contributed by atoms with Gasteiger partial charge in [0.05, 0.1) is 5.56 Å². The van der Waals surface area contributed by atoms with Crippen molar-refractivity contribution in [3.63, 3.8) is 0 Å². The Hall–Kier alpha value is -0.900. The highest BCUT2D eigenvalue weighted by Crippen LogP contribution is 2.24. The van der Waals surface area contributed by atoms with E-state index >= 15 is 0 Å². The fourth-order valence-corrected chi connectivity index (χ4v) is 2.70. The topological polar surface area (TPSA) is 33.2 Å². The second kappa shape index (κ2) is 5.17. The van der Waals surface area contributed by atoms with Crippen LogP contribution in [-0.2, 0) is 0 Å². The second-order valence-corrected chi connectivity index (χ2v) is 5.85. The predicted octanol–water partition coefficient (Wildman–Crippen LogP) is 2.64. The van der Waals surface area contributed by atoms with E-state index in [0.29, 0.717) is 10.7 Å². The van der Waals surface area contributed by atoms with Gasteiger partial charge in [-0.05, 0) is 31.4 Å². The van der Waals surface area contributed by atoms with Crippen LogP contribution in [0.5, 0.6) is 0 Å². The van der Waals surface area contributed by atoms with Crippen LogP contribution in [-0.4, -0.2) is 33.7 Å². The molecule has 1 amide bonds. The van der Waals surface area contributed by atoms with Gasteiger partial charge in [-0.3, -0.25) is 9.78 Å². The first-order valence-electron chi connectivity index (χ1n) is 5.94. The molecule has 1 aliphatic rings. The van der Waals surface area contributed by atoms with Crippen molar-refractivity contribution in [1.82, 2.24) is 9.88 Å². The molecule has 1 aliphatic heterocycles. The van der Waals surface area contributed by atoms with Gasteiger partial charge < -0.3 is 4.90 Å². The summed E-state index contributed by atoms with van der Waals surface area (Å²) >= 11 is 3.64. The Morgan fingerprint density at radius 3 is 3.00 bits per heavy atom. The number of pyridine rings is 1. The zero-order chi connectivity index (χ0) is 12.4. The number of amides is 1. The summed E-state index contributed by atoms with van der Waals surface area (Å²) < 4.78 is 0. The minimum Gasteiger partial charge on any atom is -0.337 e. The number of likely N-dealkylation sites (tertiary alicyclic amines) is 1. The maximum Gasteiger partial charge on any atom is 0.255 e. The van der Waals surface area contributed by atoms with E-state index in [4.69, 9.17) is 0 Å². The lowest BCUT2D eigenvalue weighted by molar-refractivity contribution is 0.0704. The van der Waals surface area contributed by atoms with Gasteiger partial charge in [0.15, 0.2) is 0 Å². The molecule has 1 aromatic heterocycles. The lowest BCUT2D eigenvalue weighted by Crippen LogP contribution is -2.43. The molecular weight excluding hydrogens is 280 g/mol. The highest BCUT2D eigenvalue weighted by molar-refractivity contribution is 9.09. The number of hydrogen-bond acceptors (Lipinski definition) is 2. The van der Waals surface area contributed by atoms with Crippen molar-refractivity contribution in [3.8, 4) is 0 Å². The van der Waals surface area contributed by atoms with E-state index in [1.54, 1.807) is 6.20 Å². The third-order valence-corrected chi connectivity index (χ3v) is 4.58. The highest BCUT2D eigenvalue weighted by Gasteiger charge is 2.28. The Balaban J connectivity index is 2.14. The second-order valence-electron chi connectivity index (χ2n) is 4.67. The molecule has 0 saturated carbocycles. The summed E-state index contributed by atoms with van der Waals surface area (Å²) in [5.74, 6) is 0.737. The number of carbonyl (C=O) groups is 1. The third-order valence-electron chi connectivity index (χ3n) is 3.39. The number of aryl methyl sites for hydroxylation is 1. The van der Waals surface area contributed by atoms with Gasteiger partial charge in [0.1, 0.15) is 0 Å². The first-order chi connectivity index (χ1) is 8.09. The van der Waals surface area contributed by atoms with E-state index in [0.717, 1.165) is 30.8 Å². The van der Waals surface area contributed by atoms with Crippen LogP contribution >= 0.6 is 15.9 Å². The molecule has 4 heteroatoms. The van der Waals surface area contributed by atoms with Crippen molar-refractivity contribution in [3.05, 3.63) is 29.6 Å². The largest absolute Gasteiger partial charge is 0.337 e. The number of piperidine rings is 1. The molecule has 3 nitrogen and oxygen atoms in total. The molecular formula is C13H17BrN2O. The minimum atomic E-state index is 0.104. The van der Waals surface area contributed by atoms with Gasteiger partial charge in [-0.2, -0.15) is 0 Å². The fraction of sp³-hybridized carbons (Fsp3) is 0.538. The molecule has 0 spiro atoms. The van der Waals surface area contributed by atoms with Gasteiger partial charge in [0, 0.05) is 29.8 Å². The van der Waals surface area contributed by atoms with E-state index in [1.165, 1.54) is 0 Å². The van der Waals surface area contributed by atoms with Gasteiger partial charge in [-0.25, -0.2) is 0 Å². The number of rotatable bonds is 1. The minimum absolute atomic E-state index is 0.104. The molecule has 1 fully saturated rings. The SMILES string of the molecule is Cc1ncccc1C(=O)N1CCC(C)C(Br)C1. The lowest BCUT2D eigenvalue weighted by atomic mass is 9.98. The molecule has 2 atom stereocenters. The van der Waals surface area contributed by atoms with Crippen molar-refractivity contribution in [1.29, 1.82) is 0 Å². The number of nitrogens with zero attached hydrogens (tertiary/aromatic N) is 2. The van der Waals surface area contributed by atoms with Crippen LogP contribution in [0.1, 0.15) is 29.4 Å². The molecule has 2 heterocycles. The number of carbonyl (C=O) groups excluding carboxylic acids is 1. The van der Waals surface area contributed by atoms with Crippen molar-refractivity contribution < 1.29 is 4.79 Å². The molecule has 0 bridgehead atoms. The Morgan fingerprint density at radius 1 is 1.59 bits per heavy atom. The number of aromatic nitrogens is 1. The lowest BCUT2D eigenvalue weighted by Gasteiger charge is -2.34. The predicted molar refractivity (Wildman–Crippen MR) is 71.4 cm³/mol. The first-order valence-corrected chi connectivity index (χ1v) is 6.86. The van der Waals surface area contributed by atoms with Crippen LogP contribution in [0.3, 0.4) is 0 Å². The van der Waals surface area contributed by atoms with Gasteiger partial charge in [-0.1, -0.05) is 22.9 Å². The van der Waals surface area contributed by atoms with Crippen LogP contribution in [0, 0.1) is 12.8 Å². The van der Waals surface area contributed by atoms with E-state index in [9.17, 15) is 4.79 Å². The van der Waals surface area contributed by atoms with E-state index in [2.05, 4.69) is 27.8 Å². The summed E-state index contributed by atoms with van der Waals surface area (Å²) in [5, 5.41) is 0. The zero-order valence-electron chi connectivity index (χ0n) is 10.2. The van der Waals surface area contributed by atoms with Crippen LogP contribution in [0.2, 0.25) is 0 Å². The van der Waals surface area contributed by atoms with Gasteiger partial charge >= 0.3 is 0 Å². The summed E-state index contributed by atoms with van der Waals surface area (Å²) in [6.07, 6.45) is 2.78. The standard InChI is InChI=1S/C13H17BrN2O/c1-9-5-7-16(8-12(9)14)13(17)11-4-3-6-15-10(11)2/h3-4,6,9,12H,5,7-8H2,1-2H3. The molecule has 0 N–H and O–H groups in total. The molecule has 17 heavy (non-hydrogen) atoms. The number of hydrogen-bond donors (Lipinski definition) is 0. The summed E-state index contributed by atoms with van der Waals surface area (Å²) in [7, 11) is 0. The van der Waals surface area contributed by atoms with E-state index in [-0.39, 0.29) is 5.91 Å². The summed E-state index contributed by atoms with van der Waals surface area (Å²) in [6, 6.07) is 3.67. The normalized spacial score (nSPS) is 24.8. The number of alkyl halides is 1. The number of halogens is 1. The van der Waals surface area contributed by atoms with Crippen LogP contribution in [0.4, 0.5) is 0 Å². The maximum atomic E-state index is 12.3. The Morgan fingerprint density at radius 2 is 2.35 bits per heavy atom. The smallest absolute Gasteiger partial charge is 0.255 e. The van der Waals surface area contributed by atoms with Crippen molar-refractivity contribution in [2.75, 3.05) is 13.1 Å². The van der Waals surface area contributed by atoms with Gasteiger partial charge in [0.2, 0.25) is 0 Å². The molecule has 1 saturated heterocycles. The molecule has 2 rings (SSSR count). The van der Waals surface area contributed by atoms with Crippen molar-refractivity contribution >= 4 is 21.8 Å². The van der Waals surface area contributed by atoms with Crippen molar-refractivity contribution in [2.45, 2.75) is 25.1 Å². The average molecular weight is 297 g/mol. The Labute approximate surface area is 110 Å². The first kappa shape index (κ1) is 12.6. The van der Waals surface area contributed by atoms with Gasteiger partial charge in [-0.15, -0.1) is 0 Å². The molecule has 2 unspecified atom stereocenters. The fourth-order valence-electron chi connectivity index (χ4n) is 2.09. The van der Waals surface area contributed by atoms with Crippen LogP contribution < -0.4 is 0 Å². The van der Waals surface area contributed by atoms with Crippen molar-refractivity contribution in [2.24, 2.45) is 5.92 Å². The highest BCUT2D eigenvalue weighted by atomic mass is 79.9. The zero-order valence-corrected chi connectivity index (χ0v) is 11.8. The Bertz CT molecular complexity index is 422. The van der Waals surface area contributed by atoms with Crippen LogP contribution in [0.25, 0.3) is 0 Å². The molecule has 92 valence electrons. The Kier molecular flexibility index (Phi) is 3.82. The summed E-state index contributed by atoms with van der Waals surface area (Å²) in [6.45, 7) is 5.73. The quantitative estimate of drug-likeness (QED) is 0.747. The summed E-state index contributed by atoms with van der Waals surface area (Å²) in [5.41, 5.74) is 1.53. The monoisotopic (exact) mass is 296 g/mol. The third kappa shape index (κ3) is 2.68. The average Bonchev–Trinajstić information content (AvgIpc) is 2.32. The molecule has 0 aliphatic carbocycles. The summed E-state index contributed by atoms with van der Waals surface area (Å²) in [4.78, 5) is 18.8. The maximum absolute atomic E-state index is 12.3. The van der Waals surface area contributed by atoms with Crippen LogP contribution in [0.15, 0.2) is 18.3 Å². The van der Waals surface area contributed by atoms with Gasteiger partial charge in [0.25, 0.3) is 5.91 Å². The van der Waals surface area contributed by atoms with E-state index < -0.39 is 0 Å². The molecule has 0 radical (unpaired) electrons. The molecule has 0 aromatic carbocycles.